The van der Waals surface area contributed by atoms with Crippen LogP contribution in [0.5, 0.6) is 0 Å². The molecule has 1 unspecified atom stereocenters. The van der Waals surface area contributed by atoms with Crippen molar-refractivity contribution in [2.45, 2.75) is 37.3 Å². The maximum atomic E-state index is 5.70. The van der Waals surface area contributed by atoms with Gasteiger partial charge in [-0.15, -0.1) is 0 Å². The largest absolute Gasteiger partial charge is 0.376 e. The molecule has 0 aromatic carbocycles. The molecule has 0 saturated heterocycles. The first kappa shape index (κ1) is 11.4. The molecule has 0 radical (unpaired) electrons. The predicted molar refractivity (Wildman–Crippen MR) is 60.3 cm³/mol. The van der Waals surface area contributed by atoms with Crippen LogP contribution in [0, 0.1) is 0 Å². The van der Waals surface area contributed by atoms with Crippen LogP contribution in [0.3, 0.4) is 0 Å². The second kappa shape index (κ2) is 4.86. The topological polar surface area (TPSA) is 73.1 Å². The Labute approximate surface area is 95.4 Å². The number of methoxy groups -OCH3 is 1. The van der Waals surface area contributed by atoms with Crippen molar-refractivity contribution in [3.63, 3.8) is 0 Å². The van der Waals surface area contributed by atoms with E-state index in [1.54, 1.807) is 25.7 Å². The zero-order valence-corrected chi connectivity index (χ0v) is 9.52. The molecule has 2 rings (SSSR count). The number of nitrogens with two attached hydrogens (primary N) is 1. The van der Waals surface area contributed by atoms with Gasteiger partial charge in [-0.3, -0.25) is 15.8 Å². The zero-order valence-electron chi connectivity index (χ0n) is 9.52. The summed E-state index contributed by atoms with van der Waals surface area (Å²) >= 11 is 0. The number of hydrazine groups is 1. The maximum Gasteiger partial charge on any atom is 0.0936 e. The molecule has 1 aliphatic rings. The normalized spacial score (nSPS) is 20.9. The molecular formula is C11H18N4O. The van der Waals surface area contributed by atoms with Crippen molar-refractivity contribution in [1.82, 2.24) is 15.4 Å². The summed E-state index contributed by atoms with van der Waals surface area (Å²) in [7, 11) is 1.74. The summed E-state index contributed by atoms with van der Waals surface area (Å²) in [4.78, 5) is 8.38. The number of hydrogen-bond donors (Lipinski definition) is 2. The van der Waals surface area contributed by atoms with Crippen molar-refractivity contribution in [2.24, 2.45) is 5.84 Å². The Kier molecular flexibility index (Phi) is 3.48. The van der Waals surface area contributed by atoms with Crippen LogP contribution in [-0.2, 0) is 4.74 Å². The van der Waals surface area contributed by atoms with Crippen LogP contribution < -0.4 is 11.3 Å². The van der Waals surface area contributed by atoms with Crippen molar-refractivity contribution in [3.8, 4) is 0 Å². The molecule has 1 saturated carbocycles. The van der Waals surface area contributed by atoms with Gasteiger partial charge in [0.25, 0.3) is 0 Å². The summed E-state index contributed by atoms with van der Waals surface area (Å²) in [5, 5.41) is 0. The summed E-state index contributed by atoms with van der Waals surface area (Å²) in [6.07, 6.45) is 9.44. The minimum absolute atomic E-state index is 0.0892. The lowest BCUT2D eigenvalue weighted by atomic mass is 9.90. The Balaban J connectivity index is 2.28. The highest BCUT2D eigenvalue weighted by Crippen LogP contribution is 2.41. The Morgan fingerprint density at radius 3 is 2.69 bits per heavy atom. The molecule has 0 aliphatic heterocycles. The lowest BCUT2D eigenvalue weighted by molar-refractivity contribution is -0.0380. The quantitative estimate of drug-likeness (QED) is 0.586. The molecule has 3 N–H and O–H groups in total. The fraction of sp³-hybridized carbons (Fsp3) is 0.636. The van der Waals surface area contributed by atoms with Gasteiger partial charge in [-0.2, -0.15) is 0 Å². The summed E-state index contributed by atoms with van der Waals surface area (Å²) < 4.78 is 5.70. The van der Waals surface area contributed by atoms with Crippen molar-refractivity contribution >= 4 is 0 Å². The molecule has 1 fully saturated rings. The van der Waals surface area contributed by atoms with Gasteiger partial charge in [-0.05, 0) is 12.8 Å². The molecule has 1 aromatic heterocycles. The highest BCUT2D eigenvalue weighted by molar-refractivity contribution is 5.11. The second-order valence-electron chi connectivity index (χ2n) is 4.21. The smallest absolute Gasteiger partial charge is 0.0936 e. The van der Waals surface area contributed by atoms with Gasteiger partial charge >= 0.3 is 0 Å². The van der Waals surface area contributed by atoms with Crippen molar-refractivity contribution < 1.29 is 4.74 Å². The third-order valence-corrected chi connectivity index (χ3v) is 3.43. The third-order valence-electron chi connectivity index (χ3n) is 3.43. The maximum absolute atomic E-state index is 5.70. The number of hydrogen-bond acceptors (Lipinski definition) is 5. The molecule has 0 spiro atoms. The van der Waals surface area contributed by atoms with Crippen LogP contribution >= 0.6 is 0 Å². The summed E-state index contributed by atoms with van der Waals surface area (Å²) in [5.41, 5.74) is 3.43. The van der Waals surface area contributed by atoms with Gasteiger partial charge in [0.05, 0.1) is 23.5 Å². The molecular weight excluding hydrogens is 204 g/mol. The van der Waals surface area contributed by atoms with E-state index in [1.807, 2.05) is 0 Å². The summed E-state index contributed by atoms with van der Waals surface area (Å²) in [5.74, 6) is 5.65. The average molecular weight is 222 g/mol. The Hall–Kier alpha value is -1.04. The van der Waals surface area contributed by atoms with E-state index in [1.165, 1.54) is 12.8 Å². The first-order chi connectivity index (χ1) is 7.82. The molecule has 0 bridgehead atoms. The van der Waals surface area contributed by atoms with Crippen LogP contribution in [0.25, 0.3) is 0 Å². The van der Waals surface area contributed by atoms with Crippen LogP contribution in [0.4, 0.5) is 0 Å². The number of ether oxygens (including phenoxy) is 1. The Bertz CT molecular complexity index is 324. The highest BCUT2D eigenvalue weighted by Gasteiger charge is 2.42. The van der Waals surface area contributed by atoms with Crippen molar-refractivity contribution in [1.29, 1.82) is 0 Å². The minimum atomic E-state index is -0.231. The van der Waals surface area contributed by atoms with E-state index in [0.29, 0.717) is 0 Å². The Morgan fingerprint density at radius 1 is 1.44 bits per heavy atom. The van der Waals surface area contributed by atoms with E-state index >= 15 is 0 Å². The van der Waals surface area contributed by atoms with E-state index in [-0.39, 0.29) is 11.6 Å². The van der Waals surface area contributed by atoms with Crippen LogP contribution in [0.15, 0.2) is 18.6 Å². The third kappa shape index (κ3) is 1.93. The Morgan fingerprint density at radius 2 is 2.19 bits per heavy atom. The fourth-order valence-electron chi connectivity index (χ4n) is 2.55. The van der Waals surface area contributed by atoms with E-state index in [9.17, 15) is 0 Å². The second-order valence-corrected chi connectivity index (χ2v) is 4.21. The highest BCUT2D eigenvalue weighted by atomic mass is 16.5. The molecule has 16 heavy (non-hydrogen) atoms. The molecule has 5 heteroatoms. The van der Waals surface area contributed by atoms with E-state index < -0.39 is 0 Å². The SMILES string of the molecule is COC1(C(NN)c2cnccn2)CCCC1. The first-order valence-electron chi connectivity index (χ1n) is 5.59. The lowest BCUT2D eigenvalue weighted by Gasteiger charge is -2.35. The lowest BCUT2D eigenvalue weighted by Crippen LogP contribution is -2.46. The summed E-state index contributed by atoms with van der Waals surface area (Å²) in [6, 6.07) is -0.0892. The average Bonchev–Trinajstić information content (AvgIpc) is 2.81. The minimum Gasteiger partial charge on any atom is -0.376 e. The monoisotopic (exact) mass is 222 g/mol. The number of nitrogens with zero attached hydrogens (tertiary/aromatic N) is 2. The molecule has 5 nitrogen and oxygen atoms in total. The van der Waals surface area contributed by atoms with Crippen LogP contribution in [0.1, 0.15) is 37.4 Å². The van der Waals surface area contributed by atoms with Crippen molar-refractivity contribution in [3.05, 3.63) is 24.3 Å². The standard InChI is InChI=1S/C11H18N4O/c1-16-11(4-2-3-5-11)10(15-12)9-8-13-6-7-14-9/h6-8,10,15H,2-5,12H2,1H3. The van der Waals surface area contributed by atoms with Gasteiger partial charge in [-0.1, -0.05) is 12.8 Å². The van der Waals surface area contributed by atoms with Gasteiger partial charge < -0.3 is 4.74 Å². The van der Waals surface area contributed by atoms with E-state index in [0.717, 1.165) is 18.5 Å². The van der Waals surface area contributed by atoms with E-state index in [4.69, 9.17) is 10.6 Å². The number of rotatable bonds is 4. The molecule has 1 atom stereocenters. The molecule has 1 heterocycles. The van der Waals surface area contributed by atoms with Gasteiger partial charge in [0.15, 0.2) is 0 Å². The number of aromatic nitrogens is 2. The molecule has 1 aliphatic carbocycles. The van der Waals surface area contributed by atoms with Gasteiger partial charge in [-0.25, -0.2) is 5.43 Å². The number of nitrogens with one attached hydrogen (secondary N) is 1. The van der Waals surface area contributed by atoms with Crippen molar-refractivity contribution in [2.75, 3.05) is 7.11 Å². The fourth-order valence-corrected chi connectivity index (χ4v) is 2.55. The van der Waals surface area contributed by atoms with Crippen LogP contribution in [0.2, 0.25) is 0 Å². The zero-order chi connectivity index (χ0) is 11.4. The van der Waals surface area contributed by atoms with Gasteiger partial charge in [0.2, 0.25) is 0 Å². The predicted octanol–water partition coefficient (Wildman–Crippen LogP) is 0.940. The van der Waals surface area contributed by atoms with Gasteiger partial charge in [0.1, 0.15) is 0 Å². The van der Waals surface area contributed by atoms with E-state index in [2.05, 4.69) is 15.4 Å². The first-order valence-corrected chi connectivity index (χ1v) is 5.59. The van der Waals surface area contributed by atoms with Crippen LogP contribution in [-0.4, -0.2) is 22.7 Å². The van der Waals surface area contributed by atoms with Gasteiger partial charge in [0, 0.05) is 19.5 Å². The summed E-state index contributed by atoms with van der Waals surface area (Å²) in [6.45, 7) is 0. The molecule has 1 aromatic rings. The molecule has 88 valence electrons. The molecule has 0 amide bonds.